The minimum atomic E-state index is -0.0750. The van der Waals surface area contributed by atoms with Crippen LogP contribution >= 0.6 is 0 Å². The van der Waals surface area contributed by atoms with Crippen LogP contribution in [-0.2, 0) is 0 Å². The van der Waals surface area contributed by atoms with E-state index in [1.165, 1.54) is 0 Å². The van der Waals surface area contributed by atoms with Gasteiger partial charge in [0, 0.05) is 17.7 Å². The van der Waals surface area contributed by atoms with Gasteiger partial charge in [0.15, 0.2) is 0 Å². The first-order valence-corrected chi connectivity index (χ1v) is 7.11. The normalized spacial score (nSPS) is 10.8. The second-order valence-corrected chi connectivity index (χ2v) is 4.91. The van der Waals surface area contributed by atoms with Crippen LogP contribution in [0.2, 0.25) is 0 Å². The van der Waals surface area contributed by atoms with E-state index < -0.39 is 0 Å². The van der Waals surface area contributed by atoms with Crippen LogP contribution < -0.4 is 16.1 Å². The molecular weight excluding hydrogens is 288 g/mol. The zero-order chi connectivity index (χ0) is 16.1. The summed E-state index contributed by atoms with van der Waals surface area (Å²) in [6.45, 7) is 0. The molecule has 6 nitrogen and oxygen atoms in total. The molecule has 1 aromatic heterocycles. The van der Waals surface area contributed by atoms with Crippen molar-refractivity contribution in [3.05, 3.63) is 72.4 Å². The number of nitrogens with two attached hydrogens (primary N) is 2. The van der Waals surface area contributed by atoms with E-state index in [9.17, 15) is 0 Å². The molecule has 0 atom stereocenters. The number of hydrogen-bond donors (Lipinski definition) is 3. The average Bonchev–Trinajstić information content (AvgIpc) is 3.00. The SMILES string of the molecule is NC(N)=N/N=C/c1c[n+](-c2ccccc2)[nH]c1-c1ccccc1. The number of nitrogens with zero attached hydrogens (tertiary/aromatic N) is 3. The van der Waals surface area contributed by atoms with E-state index >= 15 is 0 Å². The molecular formula is C17H17N6+. The highest BCUT2D eigenvalue weighted by molar-refractivity contribution is 5.88. The smallest absolute Gasteiger partial charge is 0.235 e. The summed E-state index contributed by atoms with van der Waals surface area (Å²) in [7, 11) is 0. The number of para-hydroxylation sites is 1. The minimum Gasteiger partial charge on any atom is -0.369 e. The second kappa shape index (κ2) is 6.57. The molecule has 0 spiro atoms. The van der Waals surface area contributed by atoms with Gasteiger partial charge in [-0.15, -0.1) is 5.10 Å². The molecule has 3 rings (SSSR count). The van der Waals surface area contributed by atoms with Gasteiger partial charge in [-0.3, -0.25) is 0 Å². The summed E-state index contributed by atoms with van der Waals surface area (Å²) in [5.41, 5.74) is 14.5. The maximum Gasteiger partial charge on any atom is 0.235 e. The van der Waals surface area contributed by atoms with Gasteiger partial charge in [0.25, 0.3) is 0 Å². The Bertz CT molecular complexity index is 830. The van der Waals surface area contributed by atoms with Crippen molar-refractivity contribution in [1.82, 2.24) is 5.10 Å². The van der Waals surface area contributed by atoms with Crippen LogP contribution in [0.15, 0.2) is 77.1 Å². The quantitative estimate of drug-likeness (QED) is 0.295. The highest BCUT2D eigenvalue weighted by Gasteiger charge is 2.16. The van der Waals surface area contributed by atoms with Crippen molar-refractivity contribution in [1.29, 1.82) is 0 Å². The number of H-pyrrole nitrogens is 1. The Labute approximate surface area is 133 Å². The first kappa shape index (κ1) is 14.5. The van der Waals surface area contributed by atoms with Gasteiger partial charge in [-0.2, -0.15) is 10.2 Å². The van der Waals surface area contributed by atoms with Gasteiger partial charge >= 0.3 is 0 Å². The number of aromatic amines is 1. The fourth-order valence-electron chi connectivity index (χ4n) is 2.24. The van der Waals surface area contributed by atoms with Crippen molar-refractivity contribution in [2.45, 2.75) is 0 Å². The number of nitrogens with one attached hydrogen (secondary N) is 1. The third-order valence-electron chi connectivity index (χ3n) is 3.26. The van der Waals surface area contributed by atoms with Crippen LogP contribution in [0.25, 0.3) is 16.9 Å². The number of rotatable bonds is 4. The van der Waals surface area contributed by atoms with Crippen LogP contribution in [0, 0.1) is 0 Å². The molecule has 0 bridgehead atoms. The number of hydrogen-bond acceptors (Lipinski definition) is 2. The van der Waals surface area contributed by atoms with E-state index in [1.54, 1.807) is 6.21 Å². The number of guanidine groups is 1. The van der Waals surface area contributed by atoms with Crippen LogP contribution in [0.5, 0.6) is 0 Å². The molecule has 2 aromatic carbocycles. The van der Waals surface area contributed by atoms with Gasteiger partial charge in [0.05, 0.1) is 11.8 Å². The highest BCUT2D eigenvalue weighted by atomic mass is 15.3. The van der Waals surface area contributed by atoms with Gasteiger partial charge in [0.1, 0.15) is 5.69 Å². The first-order valence-electron chi connectivity index (χ1n) is 7.11. The molecule has 0 radical (unpaired) electrons. The molecule has 0 aliphatic heterocycles. The van der Waals surface area contributed by atoms with Crippen molar-refractivity contribution in [3.63, 3.8) is 0 Å². The van der Waals surface area contributed by atoms with E-state index in [1.807, 2.05) is 71.5 Å². The summed E-state index contributed by atoms with van der Waals surface area (Å²) < 4.78 is 1.93. The summed E-state index contributed by atoms with van der Waals surface area (Å²) in [5, 5.41) is 10.9. The summed E-state index contributed by atoms with van der Waals surface area (Å²) in [6, 6.07) is 20.0. The largest absolute Gasteiger partial charge is 0.369 e. The molecule has 0 aliphatic carbocycles. The van der Waals surface area contributed by atoms with Gasteiger partial charge in [0.2, 0.25) is 17.8 Å². The van der Waals surface area contributed by atoms with Crippen molar-refractivity contribution in [2.24, 2.45) is 21.7 Å². The molecule has 23 heavy (non-hydrogen) atoms. The topological polar surface area (TPSA) is 96.4 Å². The Kier molecular flexibility index (Phi) is 4.15. The Morgan fingerprint density at radius 1 is 0.957 bits per heavy atom. The zero-order valence-corrected chi connectivity index (χ0v) is 12.4. The van der Waals surface area contributed by atoms with E-state index in [0.717, 1.165) is 22.5 Å². The van der Waals surface area contributed by atoms with Gasteiger partial charge in [-0.25, -0.2) is 0 Å². The molecule has 0 saturated heterocycles. The van der Waals surface area contributed by atoms with Crippen molar-refractivity contribution < 1.29 is 4.68 Å². The summed E-state index contributed by atoms with van der Waals surface area (Å²) in [6.07, 6.45) is 3.57. The number of benzene rings is 2. The van der Waals surface area contributed by atoms with Crippen LogP contribution in [0.3, 0.4) is 0 Å². The monoisotopic (exact) mass is 305 g/mol. The van der Waals surface area contributed by atoms with Crippen LogP contribution in [-0.4, -0.2) is 17.3 Å². The van der Waals surface area contributed by atoms with Crippen LogP contribution in [0.1, 0.15) is 5.56 Å². The fraction of sp³-hybridized carbons (Fsp3) is 0. The van der Waals surface area contributed by atoms with E-state index in [2.05, 4.69) is 15.3 Å². The van der Waals surface area contributed by atoms with E-state index in [0.29, 0.717) is 0 Å². The molecule has 0 saturated carbocycles. The van der Waals surface area contributed by atoms with Crippen molar-refractivity contribution in [2.75, 3.05) is 0 Å². The maximum atomic E-state index is 5.30. The lowest BCUT2D eigenvalue weighted by Crippen LogP contribution is -2.31. The lowest BCUT2D eigenvalue weighted by molar-refractivity contribution is -0.654. The van der Waals surface area contributed by atoms with Crippen LogP contribution in [0.4, 0.5) is 0 Å². The Balaban J connectivity index is 2.07. The predicted octanol–water partition coefficient (Wildman–Crippen LogP) is 1.57. The minimum absolute atomic E-state index is 0.0750. The Morgan fingerprint density at radius 3 is 2.26 bits per heavy atom. The number of aromatic nitrogens is 2. The van der Waals surface area contributed by atoms with Crippen molar-refractivity contribution >= 4 is 12.2 Å². The lowest BCUT2D eigenvalue weighted by Gasteiger charge is -1.96. The molecule has 3 aromatic rings. The third kappa shape index (κ3) is 3.44. The molecule has 1 heterocycles. The molecule has 0 fully saturated rings. The first-order chi connectivity index (χ1) is 11.2. The summed E-state index contributed by atoms with van der Waals surface area (Å²) in [5.74, 6) is -0.0750. The molecule has 0 unspecified atom stereocenters. The third-order valence-corrected chi connectivity index (χ3v) is 3.26. The van der Waals surface area contributed by atoms with E-state index in [-0.39, 0.29) is 5.96 Å². The fourth-order valence-corrected chi connectivity index (χ4v) is 2.24. The van der Waals surface area contributed by atoms with Gasteiger partial charge in [-0.05, 0) is 0 Å². The standard InChI is InChI=1S/C17H16N6/c18-17(19)21-20-11-14-12-23(15-9-5-2-6-10-15)22-16(14)13-7-3-1-4-8-13/h1-12H,(H4,18,19,21)/p+1/b20-11+. The second-order valence-electron chi connectivity index (χ2n) is 4.91. The van der Waals surface area contributed by atoms with Gasteiger partial charge < -0.3 is 11.5 Å². The lowest BCUT2D eigenvalue weighted by atomic mass is 10.1. The average molecular weight is 305 g/mol. The maximum absolute atomic E-state index is 5.30. The summed E-state index contributed by atoms with van der Waals surface area (Å²) >= 11 is 0. The zero-order valence-electron chi connectivity index (χ0n) is 12.4. The molecule has 6 heteroatoms. The molecule has 5 N–H and O–H groups in total. The molecule has 0 aliphatic rings. The molecule has 114 valence electrons. The Morgan fingerprint density at radius 2 is 1.61 bits per heavy atom. The van der Waals surface area contributed by atoms with Gasteiger partial charge in [-0.1, -0.05) is 53.2 Å². The summed E-state index contributed by atoms with van der Waals surface area (Å²) in [4.78, 5) is 0. The predicted molar refractivity (Wildman–Crippen MR) is 91.2 cm³/mol. The van der Waals surface area contributed by atoms with E-state index in [4.69, 9.17) is 11.5 Å². The Hall–Kier alpha value is -3.41. The molecule has 0 amide bonds. The van der Waals surface area contributed by atoms with Crippen molar-refractivity contribution in [3.8, 4) is 16.9 Å². The highest BCUT2D eigenvalue weighted by Crippen LogP contribution is 2.19.